The molecule has 1 aliphatic rings. The van der Waals surface area contributed by atoms with Crippen molar-refractivity contribution in [2.75, 3.05) is 18.4 Å². The summed E-state index contributed by atoms with van der Waals surface area (Å²) in [6.45, 7) is 13.6. The van der Waals surface area contributed by atoms with Gasteiger partial charge in [0.05, 0.1) is 12.1 Å². The van der Waals surface area contributed by atoms with Gasteiger partial charge in [0, 0.05) is 18.2 Å². The molecule has 2 atom stereocenters. The molecule has 1 aliphatic carbocycles. The minimum Gasteiger partial charge on any atom is -0.465 e. The molecule has 0 unspecified atom stereocenters. The lowest BCUT2D eigenvalue weighted by atomic mass is 9.76. The van der Waals surface area contributed by atoms with Crippen LogP contribution in [0, 0.1) is 12.8 Å². The lowest BCUT2D eigenvalue weighted by molar-refractivity contribution is -0.131. The van der Waals surface area contributed by atoms with Gasteiger partial charge in [0.15, 0.2) is 0 Å². The summed E-state index contributed by atoms with van der Waals surface area (Å²) in [5.74, 6) is -1.60. The zero-order chi connectivity index (χ0) is 55.6. The van der Waals surface area contributed by atoms with Crippen LogP contribution in [0.25, 0.3) is 11.1 Å². The Labute approximate surface area is 468 Å². The van der Waals surface area contributed by atoms with Crippen LogP contribution in [0.5, 0.6) is 0 Å². The topological polar surface area (TPSA) is 120 Å². The maximum atomic E-state index is 14.9. The normalized spacial score (nSPS) is 13.3. The van der Waals surface area contributed by atoms with E-state index < -0.39 is 43.9 Å². The van der Waals surface area contributed by atoms with E-state index in [1.165, 1.54) is 20.8 Å². The summed E-state index contributed by atoms with van der Waals surface area (Å²) in [6, 6.07) is 72.5. The summed E-state index contributed by atoms with van der Waals surface area (Å²) in [7, 11) is -2.82. The first-order valence-electron chi connectivity index (χ1n) is 27.8. The van der Waals surface area contributed by atoms with Crippen LogP contribution in [0.1, 0.15) is 98.7 Å². The molecular formula is C69H74N4O5Si. The zero-order valence-corrected chi connectivity index (χ0v) is 47.4. The van der Waals surface area contributed by atoms with Crippen molar-refractivity contribution in [3.05, 3.63) is 257 Å². The fraction of sp³-hybridized carbons (Fsp3) is 0.261. The van der Waals surface area contributed by atoms with E-state index in [0.717, 1.165) is 44.5 Å². The molecule has 404 valence electrons. The zero-order valence-electron chi connectivity index (χ0n) is 46.4. The number of hydrogen-bond acceptors (Lipinski definition) is 5. The molecule has 8 aromatic rings. The SMILES string of the molecule is Cc1ccc(C(NCCCC[C@H](NC(=O)[C@H](C(C)C)N(CC2c3ccccc3-c3ccccc32)C(=O)O)C(=O)Nc2ccc(CO[Si](c3ccccc3)(c3ccccc3)C(C)(C)C)cc2)(c2ccccc2)c2ccccc2)cc1. The molecule has 0 aliphatic heterocycles. The summed E-state index contributed by atoms with van der Waals surface area (Å²) in [5, 5.41) is 23.4. The molecule has 9 nitrogen and oxygen atoms in total. The van der Waals surface area contributed by atoms with Gasteiger partial charge in [-0.2, -0.15) is 0 Å². The molecule has 9 rings (SSSR count). The number of carbonyl (C=O) groups is 3. The van der Waals surface area contributed by atoms with E-state index in [2.05, 4.69) is 177 Å². The lowest BCUT2D eigenvalue weighted by Crippen LogP contribution is -2.66. The van der Waals surface area contributed by atoms with Gasteiger partial charge in [0.25, 0.3) is 8.32 Å². The number of anilines is 1. The van der Waals surface area contributed by atoms with Crippen LogP contribution >= 0.6 is 0 Å². The number of carbonyl (C=O) groups excluding carboxylic acids is 2. The van der Waals surface area contributed by atoms with Gasteiger partial charge in [-0.05, 0) is 111 Å². The number of nitrogens with zero attached hydrogens (tertiary/aromatic N) is 1. The summed E-state index contributed by atoms with van der Waals surface area (Å²) in [6.07, 6.45) is 0.347. The van der Waals surface area contributed by atoms with Gasteiger partial charge < -0.3 is 20.2 Å². The van der Waals surface area contributed by atoms with Crippen LogP contribution in [-0.4, -0.2) is 61.4 Å². The van der Waals surface area contributed by atoms with E-state index in [0.29, 0.717) is 38.1 Å². The Morgan fingerprint density at radius 1 is 0.595 bits per heavy atom. The summed E-state index contributed by atoms with van der Waals surface area (Å²) < 4.78 is 7.23. The minimum absolute atomic E-state index is 0.0693. The number of unbranched alkanes of at least 4 members (excludes halogenated alkanes) is 1. The van der Waals surface area contributed by atoms with E-state index >= 15 is 0 Å². The van der Waals surface area contributed by atoms with Crippen molar-refractivity contribution >= 4 is 42.3 Å². The van der Waals surface area contributed by atoms with Gasteiger partial charge in [-0.15, -0.1) is 0 Å². The van der Waals surface area contributed by atoms with E-state index in [9.17, 15) is 19.5 Å². The number of nitrogens with one attached hydrogen (secondary N) is 3. The highest BCUT2D eigenvalue weighted by Gasteiger charge is 2.50. The number of benzene rings is 8. The number of amides is 3. The molecule has 8 aromatic carbocycles. The molecule has 0 saturated carbocycles. The fourth-order valence-corrected chi connectivity index (χ4v) is 16.4. The van der Waals surface area contributed by atoms with Gasteiger partial charge in [0.2, 0.25) is 11.8 Å². The van der Waals surface area contributed by atoms with Crippen LogP contribution in [-0.2, 0) is 26.2 Å². The summed E-state index contributed by atoms with van der Waals surface area (Å²) >= 11 is 0. The molecule has 79 heavy (non-hydrogen) atoms. The summed E-state index contributed by atoms with van der Waals surface area (Å²) in [4.78, 5) is 44.4. The van der Waals surface area contributed by atoms with E-state index in [1.807, 2.05) is 98.8 Å². The number of rotatable bonds is 22. The molecule has 0 radical (unpaired) electrons. The van der Waals surface area contributed by atoms with Crippen LogP contribution in [0.3, 0.4) is 0 Å². The Balaban J connectivity index is 0.966. The Hall–Kier alpha value is -7.89. The fourth-order valence-electron chi connectivity index (χ4n) is 11.9. The van der Waals surface area contributed by atoms with Crippen molar-refractivity contribution in [1.29, 1.82) is 0 Å². The van der Waals surface area contributed by atoms with Crippen LogP contribution in [0.2, 0.25) is 5.04 Å². The number of hydrogen-bond donors (Lipinski definition) is 4. The Kier molecular flexibility index (Phi) is 17.6. The lowest BCUT2D eigenvalue weighted by Gasteiger charge is -2.43. The molecular weight excluding hydrogens is 993 g/mol. The minimum atomic E-state index is -2.82. The number of fused-ring (bicyclic) bond motifs is 3. The quantitative estimate of drug-likeness (QED) is 0.0305. The first-order chi connectivity index (χ1) is 38.2. The standard InChI is InChI=1S/C69H74N4O5Si/c1-49(2)64(73(67(76)77)47-62-60-35-21-19-33-58(60)59-34-20-22-36-61(59)62)66(75)72-63(37-23-24-46-70-69(52-25-11-7-12-26-52,53-27-13-8-14-28-53)54-42-38-50(3)39-43-54)65(74)71-55-44-40-51(41-45-55)48-78-79(68(4,5)6,56-29-15-9-16-30-56)57-31-17-10-18-32-57/h7-22,25-36,38-45,49,62-64,70H,23-24,37,46-48H2,1-6H3,(H,71,74)(H,72,75)(H,76,77)/t63-,64-/m0/s1. The first-order valence-corrected chi connectivity index (χ1v) is 29.7. The molecule has 3 amide bonds. The third-order valence-electron chi connectivity index (χ3n) is 15.8. The average Bonchev–Trinajstić information content (AvgIpc) is 4.01. The molecule has 4 N–H and O–H groups in total. The molecule has 0 fully saturated rings. The van der Waals surface area contributed by atoms with Crippen molar-refractivity contribution in [2.24, 2.45) is 5.92 Å². The summed E-state index contributed by atoms with van der Waals surface area (Å²) in [5.41, 5.74) is 9.49. The second-order valence-electron chi connectivity index (χ2n) is 22.3. The van der Waals surface area contributed by atoms with Crippen molar-refractivity contribution in [1.82, 2.24) is 15.5 Å². The van der Waals surface area contributed by atoms with Gasteiger partial charge >= 0.3 is 6.09 Å². The molecule has 0 heterocycles. The Morgan fingerprint density at radius 2 is 1.08 bits per heavy atom. The van der Waals surface area contributed by atoms with Crippen LogP contribution in [0.15, 0.2) is 218 Å². The van der Waals surface area contributed by atoms with Gasteiger partial charge in [-0.3, -0.25) is 19.8 Å². The highest BCUT2D eigenvalue weighted by atomic mass is 28.4. The number of carboxylic acid groups (broad SMARTS) is 1. The largest absolute Gasteiger partial charge is 0.465 e. The van der Waals surface area contributed by atoms with Crippen molar-refractivity contribution in [3.8, 4) is 11.1 Å². The Morgan fingerprint density at radius 3 is 1.57 bits per heavy atom. The molecule has 10 heteroatoms. The van der Waals surface area contributed by atoms with Gasteiger partial charge in [0.1, 0.15) is 12.1 Å². The predicted octanol–water partition coefficient (Wildman–Crippen LogP) is 13.1. The second-order valence-corrected chi connectivity index (χ2v) is 26.6. The highest BCUT2D eigenvalue weighted by molar-refractivity contribution is 6.99. The number of aryl methyl sites for hydroxylation is 1. The van der Waals surface area contributed by atoms with Crippen LogP contribution in [0.4, 0.5) is 10.5 Å². The maximum Gasteiger partial charge on any atom is 0.408 e. The third-order valence-corrected chi connectivity index (χ3v) is 20.7. The third kappa shape index (κ3) is 12.1. The van der Waals surface area contributed by atoms with Crippen molar-refractivity contribution in [2.45, 2.75) is 96.0 Å². The molecule has 0 aromatic heterocycles. The van der Waals surface area contributed by atoms with E-state index in [1.54, 1.807) is 0 Å². The molecule has 0 spiro atoms. The van der Waals surface area contributed by atoms with Crippen molar-refractivity contribution in [3.63, 3.8) is 0 Å². The van der Waals surface area contributed by atoms with E-state index in [4.69, 9.17) is 4.43 Å². The van der Waals surface area contributed by atoms with Gasteiger partial charge in [-0.25, -0.2) is 4.79 Å². The maximum absolute atomic E-state index is 14.9. The monoisotopic (exact) mass is 1070 g/mol. The predicted molar refractivity (Wildman–Crippen MR) is 322 cm³/mol. The average molecular weight is 1070 g/mol. The molecule has 0 saturated heterocycles. The molecule has 0 bridgehead atoms. The van der Waals surface area contributed by atoms with E-state index in [-0.39, 0.29) is 23.4 Å². The second kappa shape index (κ2) is 24.8. The van der Waals surface area contributed by atoms with Crippen molar-refractivity contribution < 1.29 is 23.9 Å². The first kappa shape index (κ1) is 55.8. The smallest absolute Gasteiger partial charge is 0.408 e. The highest BCUT2D eigenvalue weighted by Crippen LogP contribution is 2.45. The van der Waals surface area contributed by atoms with Crippen LogP contribution < -0.4 is 26.3 Å². The van der Waals surface area contributed by atoms with Gasteiger partial charge in [-0.1, -0.05) is 246 Å². The Bertz CT molecular complexity index is 3170.